The van der Waals surface area contributed by atoms with Crippen LogP contribution in [0.15, 0.2) is 65.5 Å². The fourth-order valence-corrected chi connectivity index (χ4v) is 2.60. The summed E-state index contributed by atoms with van der Waals surface area (Å²) in [5.41, 5.74) is 2.69. The Bertz CT molecular complexity index is 873. The molecular weight excluding hydrogens is 344 g/mol. The first-order valence-corrected chi connectivity index (χ1v) is 8.67. The first-order valence-electron chi connectivity index (χ1n) is 8.67. The number of pyridine rings is 1. The molecule has 0 bridgehead atoms. The van der Waals surface area contributed by atoms with Crippen molar-refractivity contribution in [3.8, 4) is 28.5 Å². The number of benzene rings is 1. The molecule has 27 heavy (non-hydrogen) atoms. The molecular formula is C21H22N2O4. The van der Waals surface area contributed by atoms with Gasteiger partial charge < -0.3 is 14.0 Å². The zero-order valence-electron chi connectivity index (χ0n) is 15.5. The summed E-state index contributed by atoms with van der Waals surface area (Å²) in [6, 6.07) is 11.5. The van der Waals surface area contributed by atoms with Crippen LogP contribution >= 0.6 is 0 Å². The predicted molar refractivity (Wildman–Crippen MR) is 102 cm³/mol. The Kier molecular flexibility index (Phi) is 6.22. The van der Waals surface area contributed by atoms with Gasteiger partial charge in [-0.05, 0) is 49.7 Å². The van der Waals surface area contributed by atoms with Crippen molar-refractivity contribution in [1.82, 2.24) is 9.97 Å². The molecule has 0 saturated heterocycles. The van der Waals surface area contributed by atoms with E-state index < -0.39 is 0 Å². The summed E-state index contributed by atoms with van der Waals surface area (Å²) in [6.07, 6.45) is 4.91. The molecule has 0 unspecified atom stereocenters. The summed E-state index contributed by atoms with van der Waals surface area (Å²) in [6.45, 7) is 6.25. The van der Waals surface area contributed by atoms with Crippen molar-refractivity contribution in [3.63, 3.8) is 0 Å². The molecule has 1 aromatic carbocycles. The van der Waals surface area contributed by atoms with Gasteiger partial charge in [0, 0.05) is 29.9 Å². The van der Waals surface area contributed by atoms with Crippen LogP contribution in [0.25, 0.3) is 22.8 Å². The van der Waals surface area contributed by atoms with Gasteiger partial charge in [-0.15, -0.1) is 0 Å². The topological polar surface area (TPSA) is 66.6 Å². The third-order valence-electron chi connectivity index (χ3n) is 3.91. The average Bonchev–Trinajstić information content (AvgIpc) is 3.08. The van der Waals surface area contributed by atoms with Crippen molar-refractivity contribution in [3.05, 3.63) is 66.8 Å². The number of allylic oxidation sites excluding steroid dienone is 1. The van der Waals surface area contributed by atoms with Gasteiger partial charge in [-0.2, -0.15) is 4.89 Å². The van der Waals surface area contributed by atoms with Gasteiger partial charge in [0.1, 0.15) is 11.5 Å². The second-order valence-electron chi connectivity index (χ2n) is 5.93. The Morgan fingerprint density at radius 1 is 1.07 bits per heavy atom. The maximum Gasteiger partial charge on any atom is 0.227 e. The van der Waals surface area contributed by atoms with Crippen molar-refractivity contribution < 1.29 is 18.9 Å². The van der Waals surface area contributed by atoms with E-state index in [0.717, 1.165) is 34.8 Å². The highest BCUT2D eigenvalue weighted by Crippen LogP contribution is 2.30. The maximum absolute atomic E-state index is 5.96. The summed E-state index contributed by atoms with van der Waals surface area (Å²) >= 11 is 0. The number of oxazole rings is 1. The molecule has 6 nitrogen and oxygen atoms in total. The number of ether oxygens (including phenoxy) is 1. The normalized spacial score (nSPS) is 10.6. The minimum atomic E-state index is 0.568. The van der Waals surface area contributed by atoms with E-state index in [2.05, 4.69) is 21.4 Å². The number of nitrogens with zero attached hydrogens (tertiary/aromatic N) is 2. The van der Waals surface area contributed by atoms with E-state index >= 15 is 0 Å². The lowest BCUT2D eigenvalue weighted by atomic mass is 10.1. The molecule has 0 aliphatic carbocycles. The van der Waals surface area contributed by atoms with Crippen LogP contribution < -0.4 is 4.74 Å². The van der Waals surface area contributed by atoms with E-state index in [1.165, 1.54) is 7.11 Å². The summed E-state index contributed by atoms with van der Waals surface area (Å²) in [5, 5.41) is 0. The number of rotatable bonds is 9. The zero-order valence-corrected chi connectivity index (χ0v) is 15.5. The van der Waals surface area contributed by atoms with Crippen LogP contribution in [0, 0.1) is 6.92 Å². The van der Waals surface area contributed by atoms with Crippen LogP contribution in [0.3, 0.4) is 0 Å². The number of aromatic nitrogens is 2. The zero-order chi connectivity index (χ0) is 19.1. The van der Waals surface area contributed by atoms with Crippen molar-refractivity contribution in [2.24, 2.45) is 0 Å². The lowest BCUT2D eigenvalue weighted by Crippen LogP contribution is -1.99. The first kappa shape index (κ1) is 18.7. The first-order chi connectivity index (χ1) is 13.2. The van der Waals surface area contributed by atoms with Gasteiger partial charge in [0.05, 0.1) is 19.4 Å². The van der Waals surface area contributed by atoms with E-state index in [9.17, 15) is 0 Å². The Morgan fingerprint density at radius 2 is 1.81 bits per heavy atom. The van der Waals surface area contributed by atoms with Crippen molar-refractivity contribution in [2.45, 2.75) is 19.8 Å². The van der Waals surface area contributed by atoms with Crippen LogP contribution in [0.1, 0.15) is 18.5 Å². The largest absolute Gasteiger partial charge is 0.494 e. The van der Waals surface area contributed by atoms with E-state index in [-0.39, 0.29) is 0 Å². The fourth-order valence-electron chi connectivity index (χ4n) is 2.60. The number of hydrogen-bond donors (Lipinski definition) is 0. The minimum absolute atomic E-state index is 0.568. The molecule has 6 heteroatoms. The van der Waals surface area contributed by atoms with Gasteiger partial charge in [-0.1, -0.05) is 6.58 Å². The van der Waals surface area contributed by atoms with Gasteiger partial charge in [-0.3, -0.25) is 4.98 Å². The second kappa shape index (κ2) is 9.00. The highest BCUT2D eigenvalue weighted by molar-refractivity contribution is 5.64. The highest BCUT2D eigenvalue weighted by atomic mass is 17.2. The van der Waals surface area contributed by atoms with Crippen LogP contribution in [0.5, 0.6) is 5.75 Å². The van der Waals surface area contributed by atoms with Gasteiger partial charge >= 0.3 is 0 Å². The van der Waals surface area contributed by atoms with Gasteiger partial charge in [-0.25, -0.2) is 4.98 Å². The van der Waals surface area contributed by atoms with E-state index in [1.807, 2.05) is 43.3 Å². The molecule has 0 saturated carbocycles. The molecule has 3 aromatic rings. The molecule has 0 fully saturated rings. The molecule has 3 rings (SSSR count). The van der Waals surface area contributed by atoms with Crippen LogP contribution in [0.4, 0.5) is 0 Å². The molecule has 0 radical (unpaired) electrons. The third-order valence-corrected chi connectivity index (χ3v) is 3.91. The molecule has 0 aliphatic heterocycles. The summed E-state index contributed by atoms with van der Waals surface area (Å²) in [5.74, 6) is 2.72. The number of aryl methyl sites for hydroxylation is 1. The molecule has 140 valence electrons. The Hall–Kier alpha value is -3.12. The van der Waals surface area contributed by atoms with E-state index in [0.29, 0.717) is 24.7 Å². The summed E-state index contributed by atoms with van der Waals surface area (Å²) in [7, 11) is 1.46. The van der Waals surface area contributed by atoms with Crippen LogP contribution in [0.2, 0.25) is 0 Å². The van der Waals surface area contributed by atoms with Crippen LogP contribution in [-0.2, 0) is 9.78 Å². The van der Waals surface area contributed by atoms with E-state index in [1.54, 1.807) is 12.4 Å². The lowest BCUT2D eigenvalue weighted by molar-refractivity contribution is -0.239. The van der Waals surface area contributed by atoms with Crippen LogP contribution in [-0.4, -0.2) is 23.7 Å². The molecule has 2 heterocycles. The Labute approximate surface area is 158 Å². The quantitative estimate of drug-likeness (QED) is 0.231. The van der Waals surface area contributed by atoms with Gasteiger partial charge in [0.25, 0.3) is 0 Å². The van der Waals surface area contributed by atoms with Gasteiger partial charge in [0.2, 0.25) is 5.89 Å². The highest BCUT2D eigenvalue weighted by Gasteiger charge is 2.13. The number of hydrogen-bond acceptors (Lipinski definition) is 6. The SMILES string of the molecule is C=C(CCCOc1ccc(-c2oc(-c3ccncc3)nc2C)cc1)OOC. The smallest absolute Gasteiger partial charge is 0.227 e. The third kappa shape index (κ3) is 4.95. The Morgan fingerprint density at radius 3 is 2.52 bits per heavy atom. The molecule has 0 atom stereocenters. The minimum Gasteiger partial charge on any atom is -0.494 e. The molecule has 0 spiro atoms. The van der Waals surface area contributed by atoms with Crippen molar-refractivity contribution in [1.29, 1.82) is 0 Å². The second-order valence-corrected chi connectivity index (χ2v) is 5.93. The Balaban J connectivity index is 1.61. The lowest BCUT2D eigenvalue weighted by Gasteiger charge is -2.08. The van der Waals surface area contributed by atoms with Gasteiger partial charge in [0.15, 0.2) is 5.76 Å². The molecule has 2 aromatic heterocycles. The molecule has 0 amide bonds. The molecule has 0 aliphatic rings. The fraction of sp³-hybridized carbons (Fsp3) is 0.238. The summed E-state index contributed by atoms with van der Waals surface area (Å²) in [4.78, 5) is 17.9. The molecule has 0 N–H and O–H groups in total. The van der Waals surface area contributed by atoms with Crippen molar-refractivity contribution >= 4 is 0 Å². The maximum atomic E-state index is 5.96. The standard InChI is InChI=1S/C21H22N2O4/c1-15(27-24-3)5-4-14-25-19-8-6-17(7-9-19)20-16(2)23-21(26-20)18-10-12-22-13-11-18/h6-13H,1,4-5,14H2,2-3H3. The average molecular weight is 366 g/mol. The summed E-state index contributed by atoms with van der Waals surface area (Å²) < 4.78 is 11.7. The predicted octanol–water partition coefficient (Wildman–Crippen LogP) is 4.96. The van der Waals surface area contributed by atoms with Crippen molar-refractivity contribution in [2.75, 3.05) is 13.7 Å². The van der Waals surface area contributed by atoms with E-state index in [4.69, 9.17) is 14.0 Å². The monoisotopic (exact) mass is 366 g/mol.